The van der Waals surface area contributed by atoms with Gasteiger partial charge in [0, 0.05) is 44.5 Å². The average molecular weight is 314 g/mol. The van der Waals surface area contributed by atoms with Gasteiger partial charge in [0.25, 0.3) is 0 Å². The highest BCUT2D eigenvalue weighted by Crippen LogP contribution is 2.30. The predicted molar refractivity (Wildman–Crippen MR) is 95.8 cm³/mol. The van der Waals surface area contributed by atoms with Gasteiger partial charge >= 0.3 is 0 Å². The van der Waals surface area contributed by atoms with Crippen LogP contribution in [0.4, 0.5) is 5.69 Å². The van der Waals surface area contributed by atoms with E-state index >= 15 is 0 Å². The molecular weight excluding hydrogens is 286 g/mol. The second kappa shape index (κ2) is 6.43. The van der Waals surface area contributed by atoms with Crippen LogP contribution >= 0.6 is 0 Å². The zero-order valence-electron chi connectivity index (χ0n) is 14.1. The molecular formula is C18H27N3Si. The first-order chi connectivity index (χ1) is 10.5. The van der Waals surface area contributed by atoms with E-state index in [9.17, 15) is 0 Å². The molecule has 3 nitrogen and oxygen atoms in total. The zero-order valence-corrected chi connectivity index (χ0v) is 15.1. The van der Waals surface area contributed by atoms with Gasteiger partial charge in [-0.1, -0.05) is 25.6 Å². The van der Waals surface area contributed by atoms with Gasteiger partial charge in [-0.25, -0.2) is 0 Å². The van der Waals surface area contributed by atoms with Crippen LogP contribution in [-0.2, 0) is 0 Å². The van der Waals surface area contributed by atoms with Gasteiger partial charge in [0.2, 0.25) is 0 Å². The SMILES string of the molecule is C[Si](C)(C)C#Cc1cncc(N2CCN(CC3CC3)CC2)c1. The molecule has 0 radical (unpaired) electrons. The molecule has 1 aliphatic heterocycles. The van der Waals surface area contributed by atoms with E-state index in [2.05, 4.69) is 52.0 Å². The summed E-state index contributed by atoms with van der Waals surface area (Å²) in [7, 11) is -1.33. The van der Waals surface area contributed by atoms with E-state index in [1.165, 1.54) is 38.2 Å². The maximum absolute atomic E-state index is 4.40. The van der Waals surface area contributed by atoms with E-state index < -0.39 is 8.07 Å². The molecule has 118 valence electrons. The third kappa shape index (κ3) is 4.59. The first-order valence-electron chi connectivity index (χ1n) is 8.45. The molecule has 0 amide bonds. The van der Waals surface area contributed by atoms with E-state index in [4.69, 9.17) is 0 Å². The van der Waals surface area contributed by atoms with E-state index in [-0.39, 0.29) is 0 Å². The molecule has 2 heterocycles. The second-order valence-electron chi connectivity index (χ2n) is 7.66. The number of pyridine rings is 1. The van der Waals surface area contributed by atoms with Crippen molar-refractivity contribution in [1.82, 2.24) is 9.88 Å². The Hall–Kier alpha value is -1.31. The molecule has 1 aromatic heterocycles. The van der Waals surface area contributed by atoms with Gasteiger partial charge in [-0.2, -0.15) is 0 Å². The Labute approximate surface area is 135 Å². The summed E-state index contributed by atoms with van der Waals surface area (Å²) in [6.07, 6.45) is 6.76. The lowest BCUT2D eigenvalue weighted by Crippen LogP contribution is -2.47. The van der Waals surface area contributed by atoms with Crippen molar-refractivity contribution in [2.45, 2.75) is 32.5 Å². The standard InChI is InChI=1S/C18H27N3Si/c1-22(2,3)11-6-17-12-18(14-19-13-17)21-9-7-20(8-10-21)15-16-4-5-16/h12-14,16H,4-5,7-10,15H2,1-3H3. The minimum atomic E-state index is -1.33. The molecule has 1 aliphatic carbocycles. The Bertz CT molecular complexity index is 570. The van der Waals surface area contributed by atoms with Crippen molar-refractivity contribution in [3.05, 3.63) is 24.0 Å². The van der Waals surface area contributed by atoms with Crippen molar-refractivity contribution >= 4 is 13.8 Å². The Morgan fingerprint density at radius 2 is 1.86 bits per heavy atom. The van der Waals surface area contributed by atoms with Crippen molar-refractivity contribution in [2.24, 2.45) is 5.92 Å². The summed E-state index contributed by atoms with van der Waals surface area (Å²) >= 11 is 0. The highest BCUT2D eigenvalue weighted by Gasteiger charge is 2.26. The van der Waals surface area contributed by atoms with Crippen molar-refractivity contribution in [3.63, 3.8) is 0 Å². The van der Waals surface area contributed by atoms with Gasteiger partial charge in [0.15, 0.2) is 0 Å². The lowest BCUT2D eigenvalue weighted by molar-refractivity contribution is 0.248. The minimum Gasteiger partial charge on any atom is -0.368 e. The van der Waals surface area contributed by atoms with Crippen molar-refractivity contribution in [2.75, 3.05) is 37.6 Å². The summed E-state index contributed by atoms with van der Waals surface area (Å²) < 4.78 is 0. The molecule has 2 aliphatic rings. The molecule has 1 saturated heterocycles. The summed E-state index contributed by atoms with van der Waals surface area (Å²) in [6, 6.07) is 2.21. The first kappa shape index (κ1) is 15.6. The molecule has 0 aromatic carbocycles. The van der Waals surface area contributed by atoms with Crippen LogP contribution in [0.15, 0.2) is 18.5 Å². The smallest absolute Gasteiger partial charge is 0.129 e. The van der Waals surface area contributed by atoms with E-state index in [0.717, 1.165) is 24.6 Å². The average Bonchev–Trinajstić information content (AvgIpc) is 3.30. The molecule has 1 saturated carbocycles. The lowest BCUT2D eigenvalue weighted by Gasteiger charge is -2.36. The second-order valence-corrected chi connectivity index (χ2v) is 12.4. The fourth-order valence-corrected chi connectivity index (χ4v) is 3.30. The number of nitrogens with zero attached hydrogens (tertiary/aromatic N) is 3. The largest absolute Gasteiger partial charge is 0.368 e. The summed E-state index contributed by atoms with van der Waals surface area (Å²) in [5.41, 5.74) is 5.71. The third-order valence-corrected chi connectivity index (χ3v) is 5.13. The third-order valence-electron chi connectivity index (χ3n) is 4.26. The predicted octanol–water partition coefficient (Wildman–Crippen LogP) is 2.84. The van der Waals surface area contributed by atoms with Crippen molar-refractivity contribution < 1.29 is 0 Å². The highest BCUT2D eigenvalue weighted by atomic mass is 28.3. The summed E-state index contributed by atoms with van der Waals surface area (Å²) in [4.78, 5) is 9.47. The van der Waals surface area contributed by atoms with Crippen LogP contribution in [0, 0.1) is 17.4 Å². The van der Waals surface area contributed by atoms with Gasteiger partial charge in [-0.15, -0.1) is 5.54 Å². The molecule has 0 spiro atoms. The van der Waals surface area contributed by atoms with Crippen molar-refractivity contribution in [1.29, 1.82) is 0 Å². The summed E-state index contributed by atoms with van der Waals surface area (Å²) in [5.74, 6) is 4.31. The maximum atomic E-state index is 4.40. The van der Waals surface area contributed by atoms with Gasteiger partial charge < -0.3 is 4.90 Å². The van der Waals surface area contributed by atoms with Gasteiger partial charge in [0.1, 0.15) is 8.07 Å². The summed E-state index contributed by atoms with van der Waals surface area (Å²) in [6.45, 7) is 12.7. The van der Waals surface area contributed by atoms with Crippen LogP contribution in [0.2, 0.25) is 19.6 Å². The fourth-order valence-electron chi connectivity index (χ4n) is 2.78. The fraction of sp³-hybridized carbons (Fsp3) is 0.611. The molecule has 0 unspecified atom stereocenters. The summed E-state index contributed by atoms with van der Waals surface area (Å²) in [5, 5.41) is 0. The molecule has 0 atom stereocenters. The number of piperazine rings is 1. The number of rotatable bonds is 3. The Kier molecular flexibility index (Phi) is 4.56. The van der Waals surface area contributed by atoms with Crippen LogP contribution in [0.1, 0.15) is 18.4 Å². The number of aromatic nitrogens is 1. The Morgan fingerprint density at radius 1 is 1.14 bits per heavy atom. The van der Waals surface area contributed by atoms with E-state index in [1.54, 1.807) is 0 Å². The first-order valence-corrected chi connectivity index (χ1v) is 12.0. The Morgan fingerprint density at radius 3 is 2.50 bits per heavy atom. The van der Waals surface area contributed by atoms with Crippen LogP contribution in [0.25, 0.3) is 0 Å². The van der Waals surface area contributed by atoms with Gasteiger partial charge in [-0.3, -0.25) is 9.88 Å². The molecule has 4 heteroatoms. The molecule has 1 aromatic rings. The normalized spacial score (nSPS) is 19.7. The quantitative estimate of drug-likeness (QED) is 0.632. The number of hydrogen-bond acceptors (Lipinski definition) is 3. The molecule has 22 heavy (non-hydrogen) atoms. The zero-order chi connectivity index (χ0) is 15.6. The van der Waals surface area contributed by atoms with Crippen LogP contribution in [-0.4, -0.2) is 50.7 Å². The molecule has 0 bridgehead atoms. The molecule has 2 fully saturated rings. The highest BCUT2D eigenvalue weighted by molar-refractivity contribution is 6.83. The Balaban J connectivity index is 1.61. The van der Waals surface area contributed by atoms with Crippen molar-refractivity contribution in [3.8, 4) is 11.5 Å². The van der Waals surface area contributed by atoms with Gasteiger partial charge in [0.05, 0.1) is 11.9 Å². The van der Waals surface area contributed by atoms with Gasteiger partial charge in [-0.05, 0) is 24.8 Å². The van der Waals surface area contributed by atoms with Crippen LogP contribution in [0.3, 0.4) is 0 Å². The van der Waals surface area contributed by atoms with Crippen LogP contribution in [0.5, 0.6) is 0 Å². The van der Waals surface area contributed by atoms with E-state index in [1.807, 2.05) is 12.4 Å². The number of anilines is 1. The van der Waals surface area contributed by atoms with E-state index in [0.29, 0.717) is 0 Å². The molecule has 0 N–H and O–H groups in total. The maximum Gasteiger partial charge on any atom is 0.129 e. The van der Waals surface area contributed by atoms with Crippen LogP contribution < -0.4 is 4.90 Å². The number of hydrogen-bond donors (Lipinski definition) is 0. The minimum absolute atomic E-state index is 0.994. The monoisotopic (exact) mass is 313 g/mol. The molecule has 3 rings (SSSR count). The topological polar surface area (TPSA) is 19.4 Å². The lowest BCUT2D eigenvalue weighted by atomic mass is 10.2.